The monoisotopic (exact) mass is 401 g/mol. The molecule has 0 spiro atoms. The van der Waals surface area contributed by atoms with Crippen LogP contribution in [0.3, 0.4) is 0 Å². The average molecular weight is 401 g/mol. The van der Waals surface area contributed by atoms with Crippen LogP contribution in [-0.2, 0) is 6.18 Å². The number of halogens is 3. The molecule has 1 unspecified atom stereocenters. The summed E-state index contributed by atoms with van der Waals surface area (Å²) in [6, 6.07) is 6.55. The number of nitrogens with one attached hydrogen (secondary N) is 2. The third-order valence-electron chi connectivity index (χ3n) is 3.81. The summed E-state index contributed by atoms with van der Waals surface area (Å²) in [5.74, 6) is 0.0983. The summed E-state index contributed by atoms with van der Waals surface area (Å²) in [7, 11) is 3.75. The van der Waals surface area contributed by atoms with Gasteiger partial charge in [0, 0.05) is 11.4 Å². The maximum absolute atomic E-state index is 13.3. The number of likely N-dealkylation sites (N-methyl/N-ethyl adjacent to an activating group) is 1. The van der Waals surface area contributed by atoms with Crippen LogP contribution in [0.1, 0.15) is 23.4 Å². The fourth-order valence-corrected chi connectivity index (χ4v) is 3.42. The zero-order chi connectivity index (χ0) is 20.0. The minimum atomic E-state index is -4.61. The van der Waals surface area contributed by atoms with Gasteiger partial charge in [-0.25, -0.2) is 4.79 Å². The lowest BCUT2D eigenvalue weighted by Gasteiger charge is -2.24. The van der Waals surface area contributed by atoms with E-state index < -0.39 is 17.8 Å². The minimum absolute atomic E-state index is 0.0711. The fourth-order valence-electron chi connectivity index (χ4n) is 2.50. The molecule has 1 heterocycles. The molecule has 0 aliphatic rings. The van der Waals surface area contributed by atoms with Crippen molar-refractivity contribution in [3.05, 3.63) is 46.2 Å². The Balaban J connectivity index is 2.08. The summed E-state index contributed by atoms with van der Waals surface area (Å²) in [6.07, 6.45) is -4.61. The first-order valence-electron chi connectivity index (χ1n) is 8.31. The van der Waals surface area contributed by atoms with Crippen molar-refractivity contribution in [3.8, 4) is 5.75 Å². The number of carbonyl (C=O) groups is 1. The number of hydrogen-bond acceptors (Lipinski definition) is 4. The molecule has 0 fully saturated rings. The number of thiophene rings is 1. The van der Waals surface area contributed by atoms with E-state index in [0.29, 0.717) is 0 Å². The van der Waals surface area contributed by atoms with E-state index in [1.54, 1.807) is 18.3 Å². The first-order chi connectivity index (χ1) is 12.7. The summed E-state index contributed by atoms with van der Waals surface area (Å²) in [5.41, 5.74) is -1.27. The molecule has 0 saturated carbocycles. The number of anilines is 1. The Morgan fingerprint density at radius 1 is 1.30 bits per heavy atom. The van der Waals surface area contributed by atoms with Gasteiger partial charge in [-0.15, -0.1) is 11.3 Å². The van der Waals surface area contributed by atoms with Crippen LogP contribution in [0, 0.1) is 0 Å². The molecule has 2 N–H and O–H groups in total. The second-order valence-electron chi connectivity index (χ2n) is 5.97. The molecule has 5 nitrogen and oxygen atoms in total. The number of nitrogens with zero attached hydrogens (tertiary/aromatic N) is 1. The fraction of sp³-hybridized carbons (Fsp3) is 0.389. The van der Waals surface area contributed by atoms with Gasteiger partial charge in [0.2, 0.25) is 0 Å². The minimum Gasteiger partial charge on any atom is -0.494 e. The second-order valence-corrected chi connectivity index (χ2v) is 6.95. The van der Waals surface area contributed by atoms with E-state index in [9.17, 15) is 18.0 Å². The maximum Gasteiger partial charge on any atom is 0.418 e. The van der Waals surface area contributed by atoms with Gasteiger partial charge >= 0.3 is 12.2 Å². The van der Waals surface area contributed by atoms with Crippen LogP contribution >= 0.6 is 11.3 Å². The van der Waals surface area contributed by atoms with Crippen LogP contribution < -0.4 is 15.4 Å². The van der Waals surface area contributed by atoms with Crippen molar-refractivity contribution in [2.45, 2.75) is 19.1 Å². The molecule has 0 aliphatic carbocycles. The summed E-state index contributed by atoms with van der Waals surface area (Å²) < 4.78 is 45.0. The molecule has 9 heteroatoms. The number of amides is 2. The van der Waals surface area contributed by atoms with E-state index in [-0.39, 0.29) is 30.6 Å². The molecular formula is C18H22F3N3O2S. The molecular weight excluding hydrogens is 379 g/mol. The van der Waals surface area contributed by atoms with Crippen molar-refractivity contribution in [1.82, 2.24) is 10.2 Å². The zero-order valence-electron chi connectivity index (χ0n) is 15.3. The standard InChI is InChI=1S/C18H22F3N3O2S/c1-4-26-12-7-8-14(13(10-12)18(19,20)21)23-17(25)22-11-15(24(2)3)16-6-5-9-27-16/h5-10,15H,4,11H2,1-3H3,(H2,22,23,25). The topological polar surface area (TPSA) is 53.6 Å². The van der Waals surface area contributed by atoms with Gasteiger partial charge in [0.25, 0.3) is 0 Å². The third-order valence-corrected chi connectivity index (χ3v) is 4.78. The molecule has 1 atom stereocenters. The first-order valence-corrected chi connectivity index (χ1v) is 9.19. The van der Waals surface area contributed by atoms with Crippen LogP contribution in [0.4, 0.5) is 23.7 Å². The van der Waals surface area contributed by atoms with Crippen LogP contribution in [0.5, 0.6) is 5.75 Å². The molecule has 0 bridgehead atoms. The van der Waals surface area contributed by atoms with E-state index in [4.69, 9.17) is 4.74 Å². The Hall–Kier alpha value is -2.26. The normalized spacial score (nSPS) is 12.7. The van der Waals surface area contributed by atoms with Crippen molar-refractivity contribution in [1.29, 1.82) is 0 Å². The van der Waals surface area contributed by atoms with Crippen molar-refractivity contribution in [2.24, 2.45) is 0 Å². The van der Waals surface area contributed by atoms with E-state index in [1.165, 1.54) is 12.1 Å². The van der Waals surface area contributed by atoms with Gasteiger partial charge in [0.05, 0.1) is 23.9 Å². The molecule has 2 rings (SSSR count). The van der Waals surface area contributed by atoms with E-state index in [2.05, 4.69) is 10.6 Å². The maximum atomic E-state index is 13.3. The highest BCUT2D eigenvalue weighted by Crippen LogP contribution is 2.37. The summed E-state index contributed by atoms with van der Waals surface area (Å²) in [5, 5.41) is 6.85. The van der Waals surface area contributed by atoms with Gasteiger partial charge in [-0.2, -0.15) is 13.2 Å². The highest BCUT2D eigenvalue weighted by Gasteiger charge is 2.34. The Labute approximate surface area is 160 Å². The quantitative estimate of drug-likeness (QED) is 0.714. The number of hydrogen-bond donors (Lipinski definition) is 2. The summed E-state index contributed by atoms with van der Waals surface area (Å²) in [6.45, 7) is 2.19. The van der Waals surface area contributed by atoms with Crippen molar-refractivity contribution in [3.63, 3.8) is 0 Å². The molecule has 1 aromatic carbocycles. The van der Waals surface area contributed by atoms with Gasteiger partial charge in [0.1, 0.15) is 5.75 Å². The Morgan fingerprint density at radius 3 is 2.59 bits per heavy atom. The predicted octanol–water partition coefficient (Wildman–Crippen LogP) is 4.59. The highest BCUT2D eigenvalue weighted by molar-refractivity contribution is 7.10. The predicted molar refractivity (Wildman–Crippen MR) is 100 cm³/mol. The van der Waals surface area contributed by atoms with Crippen LogP contribution in [-0.4, -0.2) is 38.2 Å². The van der Waals surface area contributed by atoms with E-state index in [0.717, 1.165) is 10.9 Å². The third kappa shape index (κ3) is 5.86. The highest BCUT2D eigenvalue weighted by atomic mass is 32.1. The number of ether oxygens (including phenoxy) is 1. The first kappa shape index (κ1) is 21.0. The molecule has 27 heavy (non-hydrogen) atoms. The zero-order valence-corrected chi connectivity index (χ0v) is 16.1. The Morgan fingerprint density at radius 2 is 2.04 bits per heavy atom. The lowest BCUT2D eigenvalue weighted by atomic mass is 10.1. The molecule has 2 amide bonds. The smallest absolute Gasteiger partial charge is 0.418 e. The number of carbonyl (C=O) groups excluding carboxylic acids is 1. The molecule has 2 aromatic rings. The van der Waals surface area contributed by atoms with Crippen molar-refractivity contribution >= 4 is 23.1 Å². The average Bonchev–Trinajstić information content (AvgIpc) is 3.09. The molecule has 0 radical (unpaired) electrons. The van der Waals surface area contributed by atoms with Gasteiger partial charge in [-0.05, 0) is 50.7 Å². The molecule has 0 aliphatic heterocycles. The number of rotatable bonds is 7. The summed E-state index contributed by atoms with van der Waals surface area (Å²) in [4.78, 5) is 15.2. The summed E-state index contributed by atoms with van der Waals surface area (Å²) >= 11 is 1.55. The molecule has 148 valence electrons. The van der Waals surface area contributed by atoms with E-state index >= 15 is 0 Å². The largest absolute Gasteiger partial charge is 0.494 e. The molecule has 0 saturated heterocycles. The van der Waals surface area contributed by atoms with Gasteiger partial charge in [0.15, 0.2) is 0 Å². The Kier molecular flexibility index (Phi) is 7.09. The lowest BCUT2D eigenvalue weighted by Crippen LogP contribution is -2.36. The van der Waals surface area contributed by atoms with Crippen LogP contribution in [0.15, 0.2) is 35.7 Å². The van der Waals surface area contributed by atoms with Gasteiger partial charge < -0.3 is 20.3 Å². The van der Waals surface area contributed by atoms with Crippen molar-refractivity contribution < 1.29 is 22.7 Å². The number of benzene rings is 1. The number of alkyl halides is 3. The van der Waals surface area contributed by atoms with E-state index in [1.807, 2.05) is 36.5 Å². The van der Waals surface area contributed by atoms with Gasteiger partial charge in [-0.3, -0.25) is 0 Å². The number of urea groups is 1. The van der Waals surface area contributed by atoms with Crippen LogP contribution in [0.25, 0.3) is 0 Å². The van der Waals surface area contributed by atoms with Gasteiger partial charge in [-0.1, -0.05) is 6.07 Å². The van der Waals surface area contributed by atoms with Crippen LogP contribution in [0.2, 0.25) is 0 Å². The second kappa shape index (κ2) is 9.09. The SMILES string of the molecule is CCOc1ccc(NC(=O)NCC(c2cccs2)N(C)C)c(C(F)(F)F)c1. The molecule has 1 aromatic heterocycles. The Bertz CT molecular complexity index is 749. The lowest BCUT2D eigenvalue weighted by molar-refractivity contribution is -0.137. The van der Waals surface area contributed by atoms with Crippen molar-refractivity contribution in [2.75, 3.05) is 32.6 Å².